The van der Waals surface area contributed by atoms with Gasteiger partial charge in [-0.15, -0.1) is 0 Å². The molecule has 11 heavy (non-hydrogen) atoms. The van der Waals surface area contributed by atoms with Crippen LogP contribution in [0.25, 0.3) is 5.71 Å². The van der Waals surface area contributed by atoms with Crippen LogP contribution in [0, 0.1) is 0 Å². The minimum atomic E-state index is -0.565. The Hall–Kier alpha value is -1.92. The van der Waals surface area contributed by atoms with Crippen LogP contribution in [0.4, 0.5) is 5.95 Å². The van der Waals surface area contributed by atoms with Gasteiger partial charge in [0.05, 0.1) is 0 Å². The van der Waals surface area contributed by atoms with Gasteiger partial charge in [0.15, 0.2) is 0 Å². The van der Waals surface area contributed by atoms with E-state index in [1.165, 1.54) is 0 Å². The van der Waals surface area contributed by atoms with E-state index in [9.17, 15) is 0 Å². The number of aromatic nitrogens is 3. The molecule has 0 spiro atoms. The van der Waals surface area contributed by atoms with Crippen molar-refractivity contribution in [2.75, 3.05) is 5.73 Å². The highest BCUT2D eigenvalue weighted by molar-refractivity contribution is 5.51. The summed E-state index contributed by atoms with van der Waals surface area (Å²) in [6.45, 7) is 0. The van der Waals surface area contributed by atoms with E-state index in [4.69, 9.17) is 15.9 Å². The molecule has 2 rings (SSSR count). The molecule has 0 aliphatic carbocycles. The zero-order valence-electron chi connectivity index (χ0n) is 5.22. The molecule has 0 atom stereocenters. The highest BCUT2D eigenvalue weighted by atomic mass is 16.5. The Bertz CT molecular complexity index is 368. The third kappa shape index (κ3) is 0.613. The van der Waals surface area contributed by atoms with Gasteiger partial charge < -0.3 is 20.4 Å². The fraction of sp³-hybridized carbons (Fsp3) is 0. The summed E-state index contributed by atoms with van der Waals surface area (Å²) in [6, 6.07) is 0. The van der Waals surface area contributed by atoms with Crippen LogP contribution in [0.5, 0.6) is 12.0 Å². The van der Waals surface area contributed by atoms with Gasteiger partial charge in [-0.2, -0.15) is 9.50 Å². The average Bonchev–Trinajstić information content (AvgIpc) is 2.38. The highest BCUT2D eigenvalue weighted by Crippen LogP contribution is 2.23. The third-order valence-electron chi connectivity index (χ3n) is 1.19. The van der Waals surface area contributed by atoms with Crippen molar-refractivity contribution >= 4 is 11.7 Å². The molecule has 4 N–H and O–H groups in total. The second-order valence-electron chi connectivity index (χ2n) is 1.90. The van der Waals surface area contributed by atoms with Gasteiger partial charge in [0.1, 0.15) is 0 Å². The average molecular weight is 156 g/mol. The van der Waals surface area contributed by atoms with Gasteiger partial charge in [-0.25, -0.2) is 0 Å². The minimum absolute atomic E-state index is 0.0402. The SMILES string of the molecule is Nc1nc(O)c2oc(O)nn12. The van der Waals surface area contributed by atoms with Crippen molar-refractivity contribution in [1.29, 1.82) is 0 Å². The normalized spacial score (nSPS) is 10.9. The maximum atomic E-state index is 8.95. The molecule has 2 aromatic rings. The summed E-state index contributed by atoms with van der Waals surface area (Å²) in [4.78, 5) is 3.42. The number of hydrogen-bond donors (Lipinski definition) is 3. The molecular weight excluding hydrogens is 152 g/mol. The lowest BCUT2D eigenvalue weighted by atomic mass is 10.8. The van der Waals surface area contributed by atoms with E-state index in [2.05, 4.69) is 14.5 Å². The number of nitrogens with zero attached hydrogens (tertiary/aromatic N) is 3. The number of nitrogens with two attached hydrogens (primary N) is 1. The zero-order valence-corrected chi connectivity index (χ0v) is 5.22. The number of hydrogen-bond acceptors (Lipinski definition) is 6. The molecule has 58 valence electrons. The molecule has 0 bridgehead atoms. The highest BCUT2D eigenvalue weighted by Gasteiger charge is 2.14. The Kier molecular flexibility index (Phi) is 0.831. The van der Waals surface area contributed by atoms with E-state index in [-0.39, 0.29) is 11.7 Å². The van der Waals surface area contributed by atoms with E-state index in [0.29, 0.717) is 0 Å². The molecule has 2 aromatic heterocycles. The second kappa shape index (κ2) is 1.57. The number of nitrogen functional groups attached to an aromatic ring is 1. The molecule has 2 heterocycles. The largest absolute Gasteiger partial charge is 0.489 e. The van der Waals surface area contributed by atoms with Gasteiger partial charge in [0, 0.05) is 0 Å². The van der Waals surface area contributed by atoms with E-state index in [1.54, 1.807) is 0 Å². The summed E-state index contributed by atoms with van der Waals surface area (Å²) in [5.41, 5.74) is 5.18. The Morgan fingerprint density at radius 3 is 2.82 bits per heavy atom. The maximum Gasteiger partial charge on any atom is 0.411 e. The summed E-state index contributed by atoms with van der Waals surface area (Å²) in [6.07, 6.45) is -0.565. The smallest absolute Gasteiger partial charge is 0.411 e. The lowest BCUT2D eigenvalue weighted by Gasteiger charge is -1.78. The van der Waals surface area contributed by atoms with Gasteiger partial charge in [-0.05, 0) is 0 Å². The molecule has 0 aromatic carbocycles. The van der Waals surface area contributed by atoms with Crippen molar-refractivity contribution in [2.24, 2.45) is 0 Å². The first-order valence-electron chi connectivity index (χ1n) is 2.71. The van der Waals surface area contributed by atoms with Crippen LogP contribution in [-0.2, 0) is 0 Å². The number of rotatable bonds is 0. The van der Waals surface area contributed by atoms with Crippen LogP contribution in [0.1, 0.15) is 0 Å². The number of aromatic hydroxyl groups is 2. The van der Waals surface area contributed by atoms with Crippen molar-refractivity contribution < 1.29 is 14.6 Å². The van der Waals surface area contributed by atoms with Crippen molar-refractivity contribution in [1.82, 2.24) is 14.6 Å². The molecule has 0 aliphatic heterocycles. The van der Waals surface area contributed by atoms with Crippen molar-refractivity contribution in [3.8, 4) is 12.0 Å². The van der Waals surface area contributed by atoms with E-state index < -0.39 is 12.0 Å². The minimum Gasteiger partial charge on any atom is -0.489 e. The molecule has 0 radical (unpaired) electrons. The van der Waals surface area contributed by atoms with E-state index in [1.807, 2.05) is 0 Å². The van der Waals surface area contributed by atoms with Gasteiger partial charge >= 0.3 is 6.08 Å². The third-order valence-corrected chi connectivity index (χ3v) is 1.19. The predicted molar refractivity (Wildman–Crippen MR) is 33.0 cm³/mol. The van der Waals surface area contributed by atoms with Crippen molar-refractivity contribution in [2.45, 2.75) is 0 Å². The maximum absolute atomic E-state index is 8.95. The Morgan fingerprint density at radius 1 is 1.45 bits per heavy atom. The molecule has 0 saturated heterocycles. The number of fused-ring (bicyclic) bond motifs is 1. The molecular formula is C4H4N4O3. The van der Waals surface area contributed by atoms with Crippen LogP contribution >= 0.6 is 0 Å². The van der Waals surface area contributed by atoms with Crippen LogP contribution in [0.2, 0.25) is 0 Å². The molecule has 0 amide bonds. The fourth-order valence-electron chi connectivity index (χ4n) is 0.780. The topological polar surface area (TPSA) is 110 Å². The summed E-state index contributed by atoms with van der Waals surface area (Å²) in [5.74, 6) is -0.433. The zero-order chi connectivity index (χ0) is 8.01. The fourth-order valence-corrected chi connectivity index (χ4v) is 0.780. The molecule has 0 fully saturated rings. The lowest BCUT2D eigenvalue weighted by molar-refractivity contribution is 0.322. The second-order valence-corrected chi connectivity index (χ2v) is 1.90. The number of imidazole rings is 1. The Labute approximate surface area is 59.7 Å². The van der Waals surface area contributed by atoms with Gasteiger partial charge in [0.2, 0.25) is 5.95 Å². The quantitative estimate of drug-likeness (QED) is 0.466. The Balaban J connectivity index is 2.92. The summed E-state index contributed by atoms with van der Waals surface area (Å²) in [5, 5.41) is 21.0. The van der Waals surface area contributed by atoms with Crippen LogP contribution in [-0.4, -0.2) is 24.8 Å². The lowest BCUT2D eigenvalue weighted by Crippen LogP contribution is -1.93. The van der Waals surface area contributed by atoms with Gasteiger partial charge in [-0.1, -0.05) is 5.10 Å². The van der Waals surface area contributed by atoms with Gasteiger partial charge in [-0.3, -0.25) is 0 Å². The number of anilines is 1. The summed E-state index contributed by atoms with van der Waals surface area (Å²) < 4.78 is 5.53. The van der Waals surface area contributed by atoms with Crippen LogP contribution in [0.15, 0.2) is 4.42 Å². The first kappa shape index (κ1) is 5.83. The van der Waals surface area contributed by atoms with Crippen molar-refractivity contribution in [3.63, 3.8) is 0 Å². The van der Waals surface area contributed by atoms with Crippen LogP contribution < -0.4 is 5.73 Å². The van der Waals surface area contributed by atoms with Gasteiger partial charge in [0.25, 0.3) is 11.6 Å². The van der Waals surface area contributed by atoms with Crippen molar-refractivity contribution in [3.05, 3.63) is 0 Å². The standard InChI is InChI=1S/C4H4N4O3/c5-3-6-1(9)2-8(3)7-4(10)11-2/h9H,(H2,5,6)(H,7,10). The first-order valence-corrected chi connectivity index (χ1v) is 2.71. The first-order chi connectivity index (χ1) is 5.18. The van der Waals surface area contributed by atoms with E-state index >= 15 is 0 Å². The van der Waals surface area contributed by atoms with E-state index in [0.717, 1.165) is 4.52 Å². The molecule has 7 heteroatoms. The predicted octanol–water partition coefficient (Wildman–Crippen LogP) is -0.684. The summed E-state index contributed by atoms with van der Waals surface area (Å²) >= 11 is 0. The van der Waals surface area contributed by atoms with Crippen LogP contribution in [0.3, 0.4) is 0 Å². The summed E-state index contributed by atoms with van der Waals surface area (Å²) in [7, 11) is 0. The molecule has 0 saturated carbocycles. The monoisotopic (exact) mass is 156 g/mol. The molecule has 7 nitrogen and oxygen atoms in total. The molecule has 0 aliphatic rings. The molecule has 0 unspecified atom stereocenters. The Morgan fingerprint density at radius 2 is 2.18 bits per heavy atom.